The summed E-state index contributed by atoms with van der Waals surface area (Å²) in [6.07, 6.45) is 1.64. The number of rotatable bonds is 4. The highest BCUT2D eigenvalue weighted by molar-refractivity contribution is 6.34. The summed E-state index contributed by atoms with van der Waals surface area (Å²) < 4.78 is 0. The second-order valence-corrected chi connectivity index (χ2v) is 5.80. The van der Waals surface area contributed by atoms with Crippen LogP contribution in [-0.4, -0.2) is 24.9 Å². The molecule has 0 bridgehead atoms. The standard InChI is InChI=1S/C15H20ClN3O2/c1-3-15(6-7-17-9-15)14(21)19-11-4-5-13(12(16)8-11)18-10(2)20/h4-5,8,17H,3,6-7,9H2,1-2H3,(H,18,20)(H,19,21). The first-order chi connectivity index (χ1) is 9.97. The van der Waals surface area contributed by atoms with E-state index in [4.69, 9.17) is 11.6 Å². The van der Waals surface area contributed by atoms with Gasteiger partial charge in [0.2, 0.25) is 11.8 Å². The van der Waals surface area contributed by atoms with Gasteiger partial charge in [0.1, 0.15) is 0 Å². The number of benzene rings is 1. The van der Waals surface area contributed by atoms with Crippen molar-refractivity contribution in [2.45, 2.75) is 26.7 Å². The van der Waals surface area contributed by atoms with E-state index in [9.17, 15) is 9.59 Å². The second-order valence-electron chi connectivity index (χ2n) is 5.39. The van der Waals surface area contributed by atoms with Crippen LogP contribution in [0.1, 0.15) is 26.7 Å². The van der Waals surface area contributed by atoms with Crippen molar-refractivity contribution in [3.05, 3.63) is 23.2 Å². The van der Waals surface area contributed by atoms with Crippen molar-refractivity contribution in [1.82, 2.24) is 5.32 Å². The number of hydrogen-bond donors (Lipinski definition) is 3. The molecule has 3 N–H and O–H groups in total. The van der Waals surface area contributed by atoms with Gasteiger partial charge < -0.3 is 16.0 Å². The fraction of sp³-hybridized carbons (Fsp3) is 0.467. The average molecular weight is 310 g/mol. The zero-order chi connectivity index (χ0) is 15.5. The minimum absolute atomic E-state index is 0.0124. The maximum atomic E-state index is 12.5. The van der Waals surface area contributed by atoms with Crippen LogP contribution >= 0.6 is 11.6 Å². The molecule has 2 amide bonds. The Morgan fingerprint density at radius 3 is 2.67 bits per heavy atom. The van der Waals surface area contributed by atoms with Gasteiger partial charge in [0, 0.05) is 19.2 Å². The third kappa shape index (κ3) is 3.54. The van der Waals surface area contributed by atoms with Crippen LogP contribution < -0.4 is 16.0 Å². The van der Waals surface area contributed by atoms with Crippen molar-refractivity contribution < 1.29 is 9.59 Å². The zero-order valence-corrected chi connectivity index (χ0v) is 13.0. The lowest BCUT2D eigenvalue weighted by Crippen LogP contribution is -2.37. The van der Waals surface area contributed by atoms with Gasteiger partial charge in [0.15, 0.2) is 0 Å². The molecule has 0 radical (unpaired) electrons. The highest BCUT2D eigenvalue weighted by Gasteiger charge is 2.39. The van der Waals surface area contributed by atoms with E-state index >= 15 is 0 Å². The van der Waals surface area contributed by atoms with E-state index in [1.54, 1.807) is 18.2 Å². The van der Waals surface area contributed by atoms with Crippen molar-refractivity contribution >= 4 is 34.8 Å². The smallest absolute Gasteiger partial charge is 0.231 e. The molecule has 1 aromatic carbocycles. The molecule has 1 heterocycles. The predicted octanol–water partition coefficient (Wildman–Crippen LogP) is 2.63. The normalized spacial score (nSPS) is 21.1. The Morgan fingerprint density at radius 1 is 1.38 bits per heavy atom. The maximum absolute atomic E-state index is 12.5. The van der Waals surface area contributed by atoms with Crippen LogP contribution in [0.3, 0.4) is 0 Å². The molecule has 114 valence electrons. The van der Waals surface area contributed by atoms with Crippen LogP contribution in [0.2, 0.25) is 5.02 Å². The second kappa shape index (κ2) is 6.45. The van der Waals surface area contributed by atoms with Gasteiger partial charge in [-0.15, -0.1) is 0 Å². The van der Waals surface area contributed by atoms with Crippen molar-refractivity contribution in [3.8, 4) is 0 Å². The third-order valence-corrected chi connectivity index (χ3v) is 4.25. The van der Waals surface area contributed by atoms with Crippen molar-refractivity contribution in [2.75, 3.05) is 23.7 Å². The number of carbonyl (C=O) groups is 2. The Labute approximate surface area is 129 Å². The maximum Gasteiger partial charge on any atom is 0.231 e. The van der Waals surface area contributed by atoms with Gasteiger partial charge in [-0.3, -0.25) is 9.59 Å². The largest absolute Gasteiger partial charge is 0.326 e. The molecular formula is C15H20ClN3O2. The monoisotopic (exact) mass is 309 g/mol. The molecule has 1 aromatic rings. The molecule has 0 saturated carbocycles. The van der Waals surface area contributed by atoms with Gasteiger partial charge in [-0.05, 0) is 37.6 Å². The fourth-order valence-corrected chi connectivity index (χ4v) is 2.78. The number of carbonyl (C=O) groups excluding carboxylic acids is 2. The molecule has 2 rings (SSSR count). The van der Waals surface area contributed by atoms with E-state index in [2.05, 4.69) is 16.0 Å². The Kier molecular flexibility index (Phi) is 4.85. The summed E-state index contributed by atoms with van der Waals surface area (Å²) in [7, 11) is 0. The molecule has 1 fully saturated rings. The number of anilines is 2. The topological polar surface area (TPSA) is 70.2 Å². The molecule has 1 atom stereocenters. The van der Waals surface area contributed by atoms with Crippen LogP contribution in [0, 0.1) is 5.41 Å². The Morgan fingerprint density at radius 2 is 2.14 bits per heavy atom. The molecule has 6 heteroatoms. The predicted molar refractivity (Wildman–Crippen MR) is 84.6 cm³/mol. The molecule has 1 unspecified atom stereocenters. The summed E-state index contributed by atoms with van der Waals surface area (Å²) in [5.74, 6) is -0.172. The summed E-state index contributed by atoms with van der Waals surface area (Å²) in [5, 5.41) is 9.19. The molecule has 0 aromatic heterocycles. The van der Waals surface area contributed by atoms with Crippen LogP contribution in [0.25, 0.3) is 0 Å². The van der Waals surface area contributed by atoms with E-state index in [1.807, 2.05) is 6.92 Å². The first-order valence-electron chi connectivity index (χ1n) is 7.06. The third-order valence-electron chi connectivity index (χ3n) is 3.94. The first-order valence-corrected chi connectivity index (χ1v) is 7.44. The van der Waals surface area contributed by atoms with Gasteiger partial charge in [-0.1, -0.05) is 18.5 Å². The molecule has 1 aliphatic heterocycles. The van der Waals surface area contributed by atoms with Crippen molar-refractivity contribution in [2.24, 2.45) is 5.41 Å². The lowest BCUT2D eigenvalue weighted by Gasteiger charge is -2.25. The summed E-state index contributed by atoms with van der Waals surface area (Å²) in [4.78, 5) is 23.5. The van der Waals surface area contributed by atoms with Crippen LogP contribution in [0.15, 0.2) is 18.2 Å². The molecule has 21 heavy (non-hydrogen) atoms. The van der Waals surface area contributed by atoms with E-state index in [0.29, 0.717) is 22.9 Å². The van der Waals surface area contributed by atoms with Gasteiger partial charge in [0.05, 0.1) is 16.1 Å². The number of nitrogens with one attached hydrogen (secondary N) is 3. The molecular weight excluding hydrogens is 290 g/mol. The van der Waals surface area contributed by atoms with Gasteiger partial charge >= 0.3 is 0 Å². The Hall–Kier alpha value is -1.59. The lowest BCUT2D eigenvalue weighted by atomic mass is 9.83. The van der Waals surface area contributed by atoms with Crippen LogP contribution in [0.5, 0.6) is 0 Å². The molecule has 0 aliphatic carbocycles. The Balaban J connectivity index is 2.11. The number of hydrogen-bond acceptors (Lipinski definition) is 3. The average Bonchev–Trinajstić information content (AvgIpc) is 2.91. The van der Waals surface area contributed by atoms with Gasteiger partial charge in [-0.2, -0.15) is 0 Å². The highest BCUT2D eigenvalue weighted by atomic mass is 35.5. The van der Waals surface area contributed by atoms with E-state index < -0.39 is 0 Å². The number of halogens is 1. The van der Waals surface area contributed by atoms with Crippen molar-refractivity contribution in [3.63, 3.8) is 0 Å². The van der Waals surface area contributed by atoms with Crippen LogP contribution in [0.4, 0.5) is 11.4 Å². The van der Waals surface area contributed by atoms with E-state index in [0.717, 1.165) is 19.4 Å². The summed E-state index contributed by atoms with van der Waals surface area (Å²) in [5.41, 5.74) is 0.830. The van der Waals surface area contributed by atoms with Crippen LogP contribution in [-0.2, 0) is 9.59 Å². The molecule has 1 saturated heterocycles. The molecule has 1 aliphatic rings. The highest BCUT2D eigenvalue weighted by Crippen LogP contribution is 2.32. The summed E-state index contributed by atoms with van der Waals surface area (Å²) >= 11 is 6.11. The van der Waals surface area contributed by atoms with Crippen molar-refractivity contribution in [1.29, 1.82) is 0 Å². The minimum Gasteiger partial charge on any atom is -0.326 e. The van der Waals surface area contributed by atoms with E-state index in [-0.39, 0.29) is 17.2 Å². The SMILES string of the molecule is CCC1(C(=O)Nc2ccc(NC(C)=O)c(Cl)c2)CCNC1. The molecule has 0 spiro atoms. The van der Waals surface area contributed by atoms with Gasteiger partial charge in [-0.25, -0.2) is 0 Å². The quantitative estimate of drug-likeness (QED) is 0.800. The lowest BCUT2D eigenvalue weighted by molar-refractivity contribution is -0.124. The molecule has 5 nitrogen and oxygen atoms in total. The van der Waals surface area contributed by atoms with Gasteiger partial charge in [0.25, 0.3) is 0 Å². The first kappa shape index (κ1) is 15.8. The fourth-order valence-electron chi connectivity index (χ4n) is 2.55. The number of amides is 2. The Bertz CT molecular complexity index is 554. The zero-order valence-electron chi connectivity index (χ0n) is 12.3. The summed E-state index contributed by atoms with van der Waals surface area (Å²) in [6, 6.07) is 5.07. The minimum atomic E-state index is -0.344. The van der Waals surface area contributed by atoms with E-state index in [1.165, 1.54) is 6.92 Å². The summed E-state index contributed by atoms with van der Waals surface area (Å²) in [6.45, 7) is 5.01.